The monoisotopic (exact) mass is 275 g/mol. The van der Waals surface area contributed by atoms with Crippen molar-refractivity contribution in [1.29, 1.82) is 0 Å². The highest BCUT2D eigenvalue weighted by Gasteiger charge is 2.33. The average molecular weight is 275 g/mol. The molecule has 3 rings (SSSR count). The summed E-state index contributed by atoms with van der Waals surface area (Å²) in [7, 11) is 0. The van der Waals surface area contributed by atoms with Gasteiger partial charge in [-0.2, -0.15) is 0 Å². The first-order valence-electron chi connectivity index (χ1n) is 7.39. The number of fused-ring (bicyclic) bond motifs is 1. The highest BCUT2D eigenvalue weighted by Crippen LogP contribution is 2.22. The first-order chi connectivity index (χ1) is 9.78. The molecule has 1 amide bonds. The molecule has 20 heavy (non-hydrogen) atoms. The molecule has 1 unspecified atom stereocenters. The number of nitrogens with zero attached hydrogens (tertiary/aromatic N) is 4. The predicted octanol–water partition coefficient (Wildman–Crippen LogP) is 0.829. The van der Waals surface area contributed by atoms with Gasteiger partial charge in [0.05, 0.1) is 0 Å². The Morgan fingerprint density at radius 3 is 3.00 bits per heavy atom. The van der Waals surface area contributed by atoms with Gasteiger partial charge >= 0.3 is 0 Å². The van der Waals surface area contributed by atoms with E-state index in [1.165, 1.54) is 19.4 Å². The molecule has 0 aliphatic carbocycles. The van der Waals surface area contributed by atoms with Crippen LogP contribution in [0.4, 0.5) is 5.82 Å². The Morgan fingerprint density at radius 2 is 2.25 bits per heavy atom. The summed E-state index contributed by atoms with van der Waals surface area (Å²) in [5, 5.41) is 11.2. The van der Waals surface area contributed by atoms with Crippen LogP contribution in [0.2, 0.25) is 0 Å². The number of hydrogen-bond acceptors (Lipinski definition) is 5. The van der Waals surface area contributed by atoms with Crippen LogP contribution in [-0.4, -0.2) is 64.7 Å². The predicted molar refractivity (Wildman–Crippen MR) is 76.7 cm³/mol. The van der Waals surface area contributed by atoms with Gasteiger partial charge in [-0.1, -0.05) is 0 Å². The lowest BCUT2D eigenvalue weighted by Crippen LogP contribution is -2.52. The van der Waals surface area contributed by atoms with Gasteiger partial charge in [0.15, 0.2) is 5.69 Å². The van der Waals surface area contributed by atoms with Gasteiger partial charge in [0.1, 0.15) is 5.82 Å². The Balaban J connectivity index is 1.66. The van der Waals surface area contributed by atoms with E-state index < -0.39 is 0 Å². The van der Waals surface area contributed by atoms with Crippen LogP contribution in [0.1, 0.15) is 30.3 Å². The van der Waals surface area contributed by atoms with Gasteiger partial charge in [0.2, 0.25) is 0 Å². The third-order valence-electron chi connectivity index (χ3n) is 4.12. The second-order valence-corrected chi connectivity index (χ2v) is 5.42. The van der Waals surface area contributed by atoms with Gasteiger partial charge in [-0.05, 0) is 38.4 Å². The molecule has 0 radical (unpaired) electrons. The van der Waals surface area contributed by atoms with E-state index in [4.69, 9.17) is 0 Å². The molecule has 2 fully saturated rings. The first kappa shape index (κ1) is 13.3. The maximum absolute atomic E-state index is 12.4. The van der Waals surface area contributed by atoms with Crippen LogP contribution in [0.5, 0.6) is 0 Å². The molecular weight excluding hydrogens is 254 g/mol. The van der Waals surface area contributed by atoms with E-state index in [-0.39, 0.29) is 5.91 Å². The number of nitrogens with one attached hydrogen (secondary N) is 1. The molecule has 0 saturated carbocycles. The number of carbonyl (C=O) groups is 1. The summed E-state index contributed by atoms with van der Waals surface area (Å²) >= 11 is 0. The molecule has 6 nitrogen and oxygen atoms in total. The summed E-state index contributed by atoms with van der Waals surface area (Å²) in [5.74, 6) is 0.719. The molecule has 2 saturated heterocycles. The topological polar surface area (TPSA) is 61.4 Å². The molecule has 0 bridgehead atoms. The number of aromatic nitrogens is 2. The summed E-state index contributed by atoms with van der Waals surface area (Å²) in [6, 6.07) is 4.12. The molecule has 0 spiro atoms. The third kappa shape index (κ3) is 2.60. The largest absolute Gasteiger partial charge is 0.369 e. The van der Waals surface area contributed by atoms with Crippen molar-refractivity contribution in [3.63, 3.8) is 0 Å². The fourth-order valence-corrected chi connectivity index (χ4v) is 3.06. The minimum Gasteiger partial charge on any atom is -0.369 e. The summed E-state index contributed by atoms with van der Waals surface area (Å²) in [6.45, 7) is 6.60. The fraction of sp³-hybridized carbons (Fsp3) is 0.643. The number of rotatable bonds is 3. The Kier molecular flexibility index (Phi) is 3.82. The van der Waals surface area contributed by atoms with Crippen molar-refractivity contribution in [2.45, 2.75) is 25.8 Å². The van der Waals surface area contributed by atoms with Crippen molar-refractivity contribution in [1.82, 2.24) is 20.0 Å². The summed E-state index contributed by atoms with van der Waals surface area (Å²) in [4.78, 5) is 16.9. The molecular formula is C14H21N5O. The smallest absolute Gasteiger partial charge is 0.274 e. The van der Waals surface area contributed by atoms with E-state index in [2.05, 4.69) is 20.4 Å². The molecule has 1 atom stereocenters. The average Bonchev–Trinajstić information content (AvgIpc) is 2.95. The van der Waals surface area contributed by atoms with E-state index in [0.29, 0.717) is 17.6 Å². The highest BCUT2D eigenvalue weighted by molar-refractivity contribution is 5.92. The van der Waals surface area contributed by atoms with Gasteiger partial charge in [0, 0.05) is 32.2 Å². The third-order valence-corrected chi connectivity index (χ3v) is 4.12. The van der Waals surface area contributed by atoms with E-state index in [1.807, 2.05) is 17.9 Å². The van der Waals surface area contributed by atoms with Crippen LogP contribution in [0, 0.1) is 0 Å². The number of amides is 1. The molecule has 108 valence electrons. The number of anilines is 1. The molecule has 6 heteroatoms. The van der Waals surface area contributed by atoms with Crippen LogP contribution < -0.4 is 5.32 Å². The quantitative estimate of drug-likeness (QED) is 0.885. The number of carbonyl (C=O) groups excluding carboxylic acids is 1. The first-order valence-corrected chi connectivity index (χ1v) is 7.39. The van der Waals surface area contributed by atoms with Crippen molar-refractivity contribution < 1.29 is 4.79 Å². The zero-order valence-corrected chi connectivity index (χ0v) is 11.9. The Morgan fingerprint density at radius 1 is 1.35 bits per heavy atom. The van der Waals surface area contributed by atoms with Gasteiger partial charge in [0.25, 0.3) is 5.91 Å². The molecule has 2 aliphatic rings. The molecule has 3 heterocycles. The van der Waals surface area contributed by atoms with Crippen LogP contribution in [0.25, 0.3) is 0 Å². The van der Waals surface area contributed by atoms with Crippen molar-refractivity contribution in [3.05, 3.63) is 17.8 Å². The Labute approximate surface area is 119 Å². The fourth-order valence-electron chi connectivity index (χ4n) is 3.06. The van der Waals surface area contributed by atoms with Crippen LogP contribution in [-0.2, 0) is 0 Å². The SMILES string of the molecule is CCNc1ccc(C(=O)N2CCN3CCCC3C2)nn1. The van der Waals surface area contributed by atoms with Crippen molar-refractivity contribution in [2.24, 2.45) is 0 Å². The molecule has 1 aromatic heterocycles. The lowest BCUT2D eigenvalue weighted by Gasteiger charge is -2.37. The zero-order valence-electron chi connectivity index (χ0n) is 11.9. The van der Waals surface area contributed by atoms with Crippen molar-refractivity contribution in [2.75, 3.05) is 38.0 Å². The Hall–Kier alpha value is -1.69. The Bertz CT molecular complexity index is 475. The lowest BCUT2D eigenvalue weighted by atomic mass is 10.1. The van der Waals surface area contributed by atoms with Crippen LogP contribution in [0.15, 0.2) is 12.1 Å². The number of hydrogen-bond donors (Lipinski definition) is 1. The van der Waals surface area contributed by atoms with E-state index in [0.717, 1.165) is 26.2 Å². The summed E-state index contributed by atoms with van der Waals surface area (Å²) in [6.07, 6.45) is 2.46. The van der Waals surface area contributed by atoms with Gasteiger partial charge in [-0.15, -0.1) is 10.2 Å². The highest BCUT2D eigenvalue weighted by atomic mass is 16.2. The molecule has 1 aromatic rings. The maximum Gasteiger partial charge on any atom is 0.274 e. The van der Waals surface area contributed by atoms with Crippen molar-refractivity contribution >= 4 is 11.7 Å². The van der Waals surface area contributed by atoms with Gasteiger partial charge in [-0.3, -0.25) is 9.69 Å². The lowest BCUT2D eigenvalue weighted by molar-refractivity contribution is 0.0564. The minimum absolute atomic E-state index is 0.00657. The van der Waals surface area contributed by atoms with Crippen LogP contribution >= 0.6 is 0 Å². The minimum atomic E-state index is 0.00657. The molecule has 0 aromatic carbocycles. The second-order valence-electron chi connectivity index (χ2n) is 5.42. The molecule has 2 aliphatic heterocycles. The van der Waals surface area contributed by atoms with E-state index in [1.54, 1.807) is 6.07 Å². The maximum atomic E-state index is 12.4. The number of piperazine rings is 1. The summed E-state index contributed by atoms with van der Waals surface area (Å²) in [5.41, 5.74) is 0.443. The van der Waals surface area contributed by atoms with Crippen molar-refractivity contribution in [3.8, 4) is 0 Å². The van der Waals surface area contributed by atoms with Crippen LogP contribution in [0.3, 0.4) is 0 Å². The molecule has 1 N–H and O–H groups in total. The van der Waals surface area contributed by atoms with E-state index in [9.17, 15) is 4.79 Å². The van der Waals surface area contributed by atoms with E-state index >= 15 is 0 Å². The summed E-state index contributed by atoms with van der Waals surface area (Å²) < 4.78 is 0. The normalized spacial score (nSPS) is 22.6. The second kappa shape index (κ2) is 5.75. The zero-order chi connectivity index (χ0) is 13.9. The van der Waals surface area contributed by atoms with Gasteiger partial charge in [-0.25, -0.2) is 0 Å². The standard InChI is InChI=1S/C14H21N5O/c1-2-15-13-6-5-12(16-17-13)14(20)19-9-8-18-7-3-4-11(18)10-19/h5-6,11H,2-4,7-10H2,1H3,(H,15,17). The van der Waals surface area contributed by atoms with Gasteiger partial charge < -0.3 is 10.2 Å².